The van der Waals surface area contributed by atoms with Crippen LogP contribution >= 0.6 is 0 Å². The zero-order chi connectivity index (χ0) is 15.3. The first kappa shape index (κ1) is 16.1. The van der Waals surface area contributed by atoms with E-state index in [1.165, 1.54) is 6.42 Å². The number of hydrogen-bond acceptors (Lipinski definition) is 4. The number of rotatable bonds is 4. The highest BCUT2D eigenvalue weighted by molar-refractivity contribution is 5.34. The third kappa shape index (κ3) is 4.36. The van der Waals surface area contributed by atoms with Gasteiger partial charge in [-0.05, 0) is 68.6 Å². The van der Waals surface area contributed by atoms with Gasteiger partial charge >= 0.3 is 0 Å². The van der Waals surface area contributed by atoms with Crippen molar-refractivity contribution < 1.29 is 9.59 Å². The summed E-state index contributed by atoms with van der Waals surface area (Å²) in [6, 6.07) is 0.391. The Labute approximate surface area is 127 Å². The number of isocyanates is 2. The second-order valence-corrected chi connectivity index (χ2v) is 7.70. The lowest BCUT2D eigenvalue weighted by Gasteiger charge is -2.45. The van der Waals surface area contributed by atoms with Gasteiger partial charge < -0.3 is 0 Å². The van der Waals surface area contributed by atoms with Crippen molar-refractivity contribution in [1.82, 2.24) is 0 Å². The third-order valence-electron chi connectivity index (χ3n) is 5.65. The van der Waals surface area contributed by atoms with Gasteiger partial charge in [-0.3, -0.25) is 0 Å². The number of nitrogens with zero attached hydrogens (tertiary/aromatic N) is 2. The second kappa shape index (κ2) is 6.68. The zero-order valence-corrected chi connectivity index (χ0v) is 13.2. The van der Waals surface area contributed by atoms with Crippen LogP contribution in [0.4, 0.5) is 0 Å². The van der Waals surface area contributed by atoms with E-state index in [1.807, 2.05) is 0 Å². The Hall–Kier alpha value is -1.24. The summed E-state index contributed by atoms with van der Waals surface area (Å²) >= 11 is 0. The number of aliphatic imine (C=N–C) groups is 2. The largest absolute Gasteiger partial charge is 0.235 e. The molecule has 2 aliphatic carbocycles. The molecule has 2 fully saturated rings. The van der Waals surface area contributed by atoms with E-state index in [-0.39, 0.29) is 12.1 Å². The molecule has 2 rings (SSSR count). The maximum atomic E-state index is 10.4. The molecule has 0 aromatic heterocycles. The standard InChI is InChI=1S/C17H26N2O2/c1-16(7-3-14(4-8-16)18-12-20)11-17(2)9-5-15(6-10-17)19-13-21/h14-15H,3-11H2,1-2H3. The molecule has 0 bridgehead atoms. The first-order valence-corrected chi connectivity index (χ1v) is 8.13. The van der Waals surface area contributed by atoms with Crippen molar-refractivity contribution in [2.75, 3.05) is 0 Å². The molecule has 0 radical (unpaired) electrons. The van der Waals surface area contributed by atoms with Crippen LogP contribution in [0.15, 0.2) is 9.98 Å². The molecule has 0 atom stereocenters. The minimum Gasteiger partial charge on any atom is -0.211 e. The Bertz CT molecular complexity index is 403. The molecule has 0 unspecified atom stereocenters. The van der Waals surface area contributed by atoms with Gasteiger partial charge in [0, 0.05) is 0 Å². The first-order chi connectivity index (χ1) is 9.99. The fourth-order valence-electron chi connectivity index (χ4n) is 4.39. The molecule has 0 spiro atoms. The minimum absolute atomic E-state index is 0.195. The predicted molar refractivity (Wildman–Crippen MR) is 81.6 cm³/mol. The molecule has 2 aliphatic rings. The maximum Gasteiger partial charge on any atom is 0.235 e. The molecule has 0 amide bonds. The van der Waals surface area contributed by atoms with Crippen molar-refractivity contribution >= 4 is 12.2 Å². The van der Waals surface area contributed by atoms with Crippen LogP contribution in [0.1, 0.15) is 71.6 Å². The Morgan fingerprint density at radius 1 is 0.810 bits per heavy atom. The second-order valence-electron chi connectivity index (χ2n) is 7.70. The molecule has 2 saturated carbocycles. The van der Waals surface area contributed by atoms with Crippen molar-refractivity contribution in [1.29, 1.82) is 0 Å². The molecule has 0 heterocycles. The van der Waals surface area contributed by atoms with Crippen LogP contribution in [0.3, 0.4) is 0 Å². The highest BCUT2D eigenvalue weighted by Gasteiger charge is 2.40. The fraction of sp³-hybridized carbons (Fsp3) is 0.882. The Morgan fingerprint density at radius 3 is 1.43 bits per heavy atom. The van der Waals surface area contributed by atoms with Gasteiger partial charge in [0.15, 0.2) is 0 Å². The number of hydrogen-bond donors (Lipinski definition) is 0. The van der Waals surface area contributed by atoms with E-state index < -0.39 is 0 Å². The normalized spacial score (nSPS) is 39.9. The summed E-state index contributed by atoms with van der Waals surface area (Å²) in [5.74, 6) is 0. The van der Waals surface area contributed by atoms with E-state index in [4.69, 9.17) is 0 Å². The first-order valence-electron chi connectivity index (χ1n) is 8.13. The summed E-state index contributed by atoms with van der Waals surface area (Å²) in [6.07, 6.45) is 13.3. The summed E-state index contributed by atoms with van der Waals surface area (Å²) in [5, 5.41) is 0. The zero-order valence-electron chi connectivity index (χ0n) is 13.2. The van der Waals surface area contributed by atoms with Crippen molar-refractivity contribution in [3.63, 3.8) is 0 Å². The summed E-state index contributed by atoms with van der Waals surface area (Å²) in [6.45, 7) is 4.77. The van der Waals surface area contributed by atoms with Crippen LogP contribution in [0.25, 0.3) is 0 Å². The summed E-state index contributed by atoms with van der Waals surface area (Å²) in [7, 11) is 0. The molecule has 0 aliphatic heterocycles. The average Bonchev–Trinajstić information content (AvgIpc) is 2.45. The van der Waals surface area contributed by atoms with Crippen molar-refractivity contribution in [2.24, 2.45) is 20.8 Å². The van der Waals surface area contributed by atoms with Crippen molar-refractivity contribution in [2.45, 2.75) is 83.7 Å². The SMILES string of the molecule is CC1(CC2(C)CCC(N=C=O)CC2)CCC(N=C=O)CC1. The van der Waals surface area contributed by atoms with E-state index in [2.05, 4.69) is 23.8 Å². The smallest absolute Gasteiger partial charge is 0.211 e. The quantitative estimate of drug-likeness (QED) is 0.581. The van der Waals surface area contributed by atoms with E-state index in [9.17, 15) is 9.59 Å². The monoisotopic (exact) mass is 290 g/mol. The van der Waals surface area contributed by atoms with Crippen LogP contribution in [-0.4, -0.2) is 24.2 Å². The van der Waals surface area contributed by atoms with E-state index in [0.29, 0.717) is 10.8 Å². The third-order valence-corrected chi connectivity index (χ3v) is 5.65. The maximum absolute atomic E-state index is 10.4. The molecule has 21 heavy (non-hydrogen) atoms. The molecular weight excluding hydrogens is 264 g/mol. The van der Waals surface area contributed by atoms with E-state index in [1.54, 1.807) is 12.2 Å². The van der Waals surface area contributed by atoms with Crippen molar-refractivity contribution in [3.8, 4) is 0 Å². The van der Waals surface area contributed by atoms with E-state index >= 15 is 0 Å². The summed E-state index contributed by atoms with van der Waals surface area (Å²) < 4.78 is 0. The average molecular weight is 290 g/mol. The summed E-state index contributed by atoms with van der Waals surface area (Å²) in [4.78, 5) is 28.5. The molecule has 4 nitrogen and oxygen atoms in total. The Morgan fingerprint density at radius 2 is 1.14 bits per heavy atom. The van der Waals surface area contributed by atoms with Crippen LogP contribution in [0.2, 0.25) is 0 Å². The fourth-order valence-corrected chi connectivity index (χ4v) is 4.39. The van der Waals surface area contributed by atoms with Gasteiger partial charge in [-0.1, -0.05) is 13.8 Å². The molecule has 0 aromatic carbocycles. The van der Waals surface area contributed by atoms with Crippen LogP contribution < -0.4 is 0 Å². The van der Waals surface area contributed by atoms with Crippen LogP contribution in [-0.2, 0) is 9.59 Å². The van der Waals surface area contributed by atoms with Crippen LogP contribution in [0.5, 0.6) is 0 Å². The van der Waals surface area contributed by atoms with Gasteiger partial charge in [0.05, 0.1) is 12.1 Å². The highest BCUT2D eigenvalue weighted by atomic mass is 16.1. The number of carbonyl (C=O) groups excluding carboxylic acids is 2. The topological polar surface area (TPSA) is 58.9 Å². The van der Waals surface area contributed by atoms with Crippen molar-refractivity contribution in [3.05, 3.63) is 0 Å². The van der Waals surface area contributed by atoms with Gasteiger partial charge in [0.1, 0.15) is 0 Å². The lowest BCUT2D eigenvalue weighted by molar-refractivity contribution is 0.0738. The van der Waals surface area contributed by atoms with E-state index in [0.717, 1.165) is 51.4 Å². The molecule has 0 aromatic rings. The van der Waals surface area contributed by atoms with Gasteiger partial charge in [-0.2, -0.15) is 0 Å². The lowest BCUT2D eigenvalue weighted by atomic mass is 9.61. The Balaban J connectivity index is 1.89. The Kier molecular flexibility index (Phi) is 5.13. The molecule has 116 valence electrons. The molecular formula is C17H26N2O2. The molecule has 0 N–H and O–H groups in total. The lowest BCUT2D eigenvalue weighted by Crippen LogP contribution is -2.35. The molecule has 4 heteroatoms. The van der Waals surface area contributed by atoms with Gasteiger partial charge in [-0.25, -0.2) is 19.6 Å². The van der Waals surface area contributed by atoms with Gasteiger partial charge in [0.25, 0.3) is 0 Å². The van der Waals surface area contributed by atoms with Crippen LogP contribution in [0, 0.1) is 10.8 Å². The predicted octanol–water partition coefficient (Wildman–Crippen LogP) is 3.95. The minimum atomic E-state index is 0.195. The summed E-state index contributed by atoms with van der Waals surface area (Å²) in [5.41, 5.74) is 0.731. The molecule has 0 saturated heterocycles. The van der Waals surface area contributed by atoms with Gasteiger partial charge in [0.2, 0.25) is 12.2 Å². The van der Waals surface area contributed by atoms with Gasteiger partial charge in [-0.15, -0.1) is 0 Å². The highest BCUT2D eigenvalue weighted by Crippen LogP contribution is 2.50.